The van der Waals surface area contributed by atoms with Crippen LogP contribution in [0.3, 0.4) is 0 Å². The molecule has 0 aromatic heterocycles. The zero-order chi connectivity index (χ0) is 31.4. The molecule has 0 aromatic carbocycles. The van der Waals surface area contributed by atoms with E-state index in [0.717, 1.165) is 70.6 Å². The molecule has 3 unspecified atom stereocenters. The maximum absolute atomic E-state index is 12.5. The van der Waals surface area contributed by atoms with Crippen molar-refractivity contribution in [2.45, 2.75) is 180 Å². The highest BCUT2D eigenvalue weighted by Crippen LogP contribution is 2.13. The highest BCUT2D eigenvalue weighted by atomic mass is 16.6. The lowest BCUT2D eigenvalue weighted by Gasteiger charge is -2.19. The maximum Gasteiger partial charge on any atom is 0.306 e. The molecular weight excluding hydrogens is 540 g/mol. The van der Waals surface area contributed by atoms with Gasteiger partial charge in [-0.2, -0.15) is 0 Å². The Labute approximate surface area is 255 Å². The van der Waals surface area contributed by atoms with E-state index in [4.69, 9.17) is 14.2 Å². The fraction of sp³-hybridized carbons (Fsp3) is 0.909. The molecule has 248 valence electrons. The molecule has 0 saturated heterocycles. The van der Waals surface area contributed by atoms with Crippen LogP contribution in [0.4, 0.5) is 0 Å². The Morgan fingerprint density at radius 1 is 0.476 bits per heavy atom. The van der Waals surface area contributed by atoms with Gasteiger partial charge in [-0.3, -0.25) is 14.4 Å². The molecule has 0 aromatic rings. The van der Waals surface area contributed by atoms with E-state index in [1.54, 1.807) is 0 Å². The fourth-order valence-corrected chi connectivity index (χ4v) is 4.65. The van der Waals surface area contributed by atoms with E-state index in [9.17, 15) is 29.7 Å². The summed E-state index contributed by atoms with van der Waals surface area (Å²) < 4.78 is 16.1. The Kier molecular flexibility index (Phi) is 26.9. The number of hydrogen-bond acceptors (Lipinski definition) is 9. The van der Waals surface area contributed by atoms with E-state index in [2.05, 4.69) is 20.8 Å². The van der Waals surface area contributed by atoms with Gasteiger partial charge in [0.25, 0.3) is 0 Å². The second kappa shape index (κ2) is 28.1. The van der Waals surface area contributed by atoms with Crippen LogP contribution in [-0.4, -0.2) is 70.9 Å². The molecule has 0 aliphatic heterocycles. The van der Waals surface area contributed by atoms with Gasteiger partial charge in [0.2, 0.25) is 0 Å². The van der Waals surface area contributed by atoms with Gasteiger partial charge < -0.3 is 29.5 Å². The van der Waals surface area contributed by atoms with Crippen LogP contribution < -0.4 is 0 Å². The van der Waals surface area contributed by atoms with Crippen molar-refractivity contribution >= 4 is 17.9 Å². The Morgan fingerprint density at radius 3 is 1.12 bits per heavy atom. The minimum atomic E-state index is -0.931. The third kappa shape index (κ3) is 26.0. The zero-order valence-electron chi connectivity index (χ0n) is 26.9. The summed E-state index contributed by atoms with van der Waals surface area (Å²) in [4.78, 5) is 37.0. The van der Waals surface area contributed by atoms with Crippen molar-refractivity contribution in [1.82, 2.24) is 0 Å². The van der Waals surface area contributed by atoms with Crippen LogP contribution in [-0.2, 0) is 28.6 Å². The summed E-state index contributed by atoms with van der Waals surface area (Å²) in [5, 5.41) is 30.2. The first-order chi connectivity index (χ1) is 20.2. The van der Waals surface area contributed by atoms with Crippen molar-refractivity contribution < 1.29 is 43.9 Å². The van der Waals surface area contributed by atoms with Crippen LogP contribution in [0.1, 0.15) is 156 Å². The third-order valence-electron chi connectivity index (χ3n) is 7.34. The Hall–Kier alpha value is -1.71. The summed E-state index contributed by atoms with van der Waals surface area (Å²) in [5.74, 6) is -1.43. The summed E-state index contributed by atoms with van der Waals surface area (Å²) in [5.41, 5.74) is 0. The number of hydrogen-bond donors (Lipinski definition) is 3. The standard InChI is InChI=1S/C33H62O9/c1-4-7-10-16-27(34)19-13-22-31(37)40-25-30(42-33(39)24-15-21-29(36)18-12-9-6-3)26-41-32(38)23-14-20-28(35)17-11-8-5-2/h27-30,34-36H,4-26H2,1-3H3. The molecule has 42 heavy (non-hydrogen) atoms. The molecule has 0 rings (SSSR count). The fourth-order valence-electron chi connectivity index (χ4n) is 4.65. The first kappa shape index (κ1) is 40.3. The van der Waals surface area contributed by atoms with Crippen LogP contribution in [0.5, 0.6) is 0 Å². The van der Waals surface area contributed by atoms with Crippen molar-refractivity contribution in [3.05, 3.63) is 0 Å². The SMILES string of the molecule is CCCCCC(O)CCCC(=O)OCC(COC(=O)CCCC(O)CCCCC)OC(=O)CCCC(O)CCCCC. The zero-order valence-corrected chi connectivity index (χ0v) is 26.9. The number of ether oxygens (including phenoxy) is 3. The Balaban J connectivity index is 4.61. The summed E-state index contributed by atoms with van der Waals surface area (Å²) in [6, 6.07) is 0. The molecule has 0 fully saturated rings. The molecular formula is C33H62O9. The maximum atomic E-state index is 12.5. The smallest absolute Gasteiger partial charge is 0.306 e. The van der Waals surface area contributed by atoms with Gasteiger partial charge in [-0.05, 0) is 57.8 Å². The number of rotatable bonds is 29. The molecule has 0 aliphatic rings. The molecule has 0 heterocycles. The van der Waals surface area contributed by atoms with E-state index < -0.39 is 42.3 Å². The Morgan fingerprint density at radius 2 is 0.786 bits per heavy atom. The van der Waals surface area contributed by atoms with Crippen LogP contribution in [0, 0.1) is 0 Å². The minimum Gasteiger partial charge on any atom is -0.462 e. The van der Waals surface area contributed by atoms with Gasteiger partial charge in [-0.15, -0.1) is 0 Å². The van der Waals surface area contributed by atoms with Gasteiger partial charge in [-0.1, -0.05) is 78.6 Å². The monoisotopic (exact) mass is 602 g/mol. The molecule has 9 heteroatoms. The summed E-state index contributed by atoms with van der Waals surface area (Å²) in [6.07, 6.45) is 12.7. The average Bonchev–Trinajstić information content (AvgIpc) is 2.95. The number of aliphatic hydroxyl groups excluding tert-OH is 3. The molecule has 3 N–H and O–H groups in total. The van der Waals surface area contributed by atoms with Crippen molar-refractivity contribution in [2.75, 3.05) is 13.2 Å². The largest absolute Gasteiger partial charge is 0.462 e. The minimum absolute atomic E-state index is 0.106. The first-order valence-corrected chi connectivity index (χ1v) is 16.8. The molecule has 9 nitrogen and oxygen atoms in total. The molecule has 0 saturated carbocycles. The third-order valence-corrected chi connectivity index (χ3v) is 7.34. The highest BCUT2D eigenvalue weighted by molar-refractivity contribution is 5.71. The van der Waals surface area contributed by atoms with Crippen LogP contribution in [0.25, 0.3) is 0 Å². The molecule has 0 spiro atoms. The Bertz CT molecular complexity index is 632. The molecule has 0 bridgehead atoms. The molecule has 3 atom stereocenters. The van der Waals surface area contributed by atoms with E-state index in [-0.39, 0.29) is 32.5 Å². The van der Waals surface area contributed by atoms with Crippen molar-refractivity contribution in [3.8, 4) is 0 Å². The molecule has 0 aliphatic carbocycles. The predicted octanol–water partition coefficient (Wildman–Crippen LogP) is 6.32. The average molecular weight is 603 g/mol. The van der Waals surface area contributed by atoms with Gasteiger partial charge >= 0.3 is 17.9 Å². The van der Waals surface area contributed by atoms with Crippen molar-refractivity contribution in [2.24, 2.45) is 0 Å². The van der Waals surface area contributed by atoms with Crippen LogP contribution >= 0.6 is 0 Å². The predicted molar refractivity (Wildman–Crippen MR) is 164 cm³/mol. The second-order valence-corrected chi connectivity index (χ2v) is 11.6. The first-order valence-electron chi connectivity index (χ1n) is 16.8. The summed E-state index contributed by atoms with van der Waals surface area (Å²) >= 11 is 0. The number of carbonyl (C=O) groups is 3. The van der Waals surface area contributed by atoms with Gasteiger partial charge in [0.1, 0.15) is 13.2 Å². The summed E-state index contributed by atoms with van der Waals surface area (Å²) in [7, 11) is 0. The topological polar surface area (TPSA) is 140 Å². The highest BCUT2D eigenvalue weighted by Gasteiger charge is 2.20. The van der Waals surface area contributed by atoms with Crippen molar-refractivity contribution in [1.29, 1.82) is 0 Å². The van der Waals surface area contributed by atoms with Gasteiger partial charge in [-0.25, -0.2) is 0 Å². The van der Waals surface area contributed by atoms with E-state index in [1.165, 1.54) is 0 Å². The number of esters is 3. The lowest BCUT2D eigenvalue weighted by atomic mass is 10.1. The summed E-state index contributed by atoms with van der Waals surface area (Å²) in [6.45, 7) is 5.86. The lowest BCUT2D eigenvalue weighted by molar-refractivity contribution is -0.167. The van der Waals surface area contributed by atoms with Gasteiger partial charge in [0, 0.05) is 19.3 Å². The van der Waals surface area contributed by atoms with Crippen LogP contribution in [0.15, 0.2) is 0 Å². The quantitative estimate of drug-likeness (QED) is 0.0510. The normalized spacial score (nSPS) is 14.1. The number of aliphatic hydroxyl groups is 3. The van der Waals surface area contributed by atoms with Crippen molar-refractivity contribution in [3.63, 3.8) is 0 Å². The van der Waals surface area contributed by atoms with E-state index >= 15 is 0 Å². The number of unbranched alkanes of at least 4 members (excludes halogenated alkanes) is 6. The van der Waals surface area contributed by atoms with Crippen LogP contribution in [0.2, 0.25) is 0 Å². The lowest BCUT2D eigenvalue weighted by Crippen LogP contribution is -2.31. The number of carbonyl (C=O) groups excluding carboxylic acids is 3. The van der Waals surface area contributed by atoms with E-state index in [1.807, 2.05) is 0 Å². The van der Waals surface area contributed by atoms with Gasteiger partial charge in [0.05, 0.1) is 18.3 Å². The van der Waals surface area contributed by atoms with Gasteiger partial charge in [0.15, 0.2) is 6.10 Å². The second-order valence-electron chi connectivity index (χ2n) is 11.6. The molecule has 0 amide bonds. The van der Waals surface area contributed by atoms with E-state index in [0.29, 0.717) is 44.9 Å². The molecule has 0 radical (unpaired) electrons.